The van der Waals surface area contributed by atoms with Crippen molar-refractivity contribution in [3.8, 4) is 5.75 Å². The van der Waals surface area contributed by atoms with Crippen LogP contribution in [0.2, 0.25) is 0 Å². The summed E-state index contributed by atoms with van der Waals surface area (Å²) in [6.45, 7) is 8.62. The standard InChI is InChI=1S/C18H30N2O3/c1-2-3-16-4-6-18(7-5-16)23-15-17(22)14-20-10-8-19(9-11-20)12-13-21/h4-7,17,21-22H,2-3,8-15H2,1H3/p+2. The molecule has 4 N–H and O–H groups in total. The molecule has 1 heterocycles. The molecule has 23 heavy (non-hydrogen) atoms. The lowest BCUT2D eigenvalue weighted by molar-refractivity contribution is -1.01. The van der Waals surface area contributed by atoms with Crippen LogP contribution in [-0.2, 0) is 6.42 Å². The molecule has 1 atom stereocenters. The molecule has 1 aromatic rings. The number of nitrogens with one attached hydrogen (secondary N) is 2. The van der Waals surface area contributed by atoms with E-state index in [9.17, 15) is 5.11 Å². The van der Waals surface area contributed by atoms with E-state index in [2.05, 4.69) is 19.1 Å². The number of aryl methyl sites for hydroxylation is 1. The summed E-state index contributed by atoms with van der Waals surface area (Å²) in [4.78, 5) is 2.90. The number of benzene rings is 1. The third-order valence-corrected chi connectivity index (χ3v) is 4.56. The molecule has 0 aromatic heterocycles. The lowest BCUT2D eigenvalue weighted by Gasteiger charge is -2.30. The number of piperazine rings is 1. The lowest BCUT2D eigenvalue weighted by Crippen LogP contribution is -3.28. The van der Waals surface area contributed by atoms with Crippen molar-refractivity contribution in [2.24, 2.45) is 0 Å². The number of hydrogen-bond acceptors (Lipinski definition) is 3. The van der Waals surface area contributed by atoms with Crippen molar-refractivity contribution in [3.05, 3.63) is 29.8 Å². The highest BCUT2D eigenvalue weighted by Gasteiger charge is 2.24. The molecule has 0 aliphatic carbocycles. The second-order valence-corrected chi connectivity index (χ2v) is 6.54. The molecule has 0 saturated carbocycles. The summed E-state index contributed by atoms with van der Waals surface area (Å²) < 4.78 is 5.70. The lowest BCUT2D eigenvalue weighted by atomic mass is 10.1. The van der Waals surface area contributed by atoms with Crippen LogP contribution >= 0.6 is 0 Å². The minimum absolute atomic E-state index is 0.262. The van der Waals surface area contributed by atoms with E-state index in [-0.39, 0.29) is 6.61 Å². The Balaban J connectivity index is 1.66. The van der Waals surface area contributed by atoms with Crippen LogP contribution in [0.25, 0.3) is 0 Å². The molecule has 5 heteroatoms. The quantitative estimate of drug-likeness (QED) is 0.432. The molecule has 1 fully saturated rings. The molecule has 0 amide bonds. The summed E-state index contributed by atoms with van der Waals surface area (Å²) in [5.41, 5.74) is 1.33. The van der Waals surface area contributed by atoms with E-state index in [0.717, 1.165) is 57.9 Å². The topological polar surface area (TPSA) is 58.6 Å². The van der Waals surface area contributed by atoms with Gasteiger partial charge in [0.05, 0.1) is 6.61 Å². The van der Waals surface area contributed by atoms with Gasteiger partial charge in [-0.3, -0.25) is 0 Å². The maximum atomic E-state index is 10.2. The molecule has 0 bridgehead atoms. The van der Waals surface area contributed by atoms with Crippen LogP contribution in [0.3, 0.4) is 0 Å². The molecule has 5 nitrogen and oxygen atoms in total. The molecule has 0 radical (unpaired) electrons. The molecule has 1 saturated heterocycles. The smallest absolute Gasteiger partial charge is 0.137 e. The fourth-order valence-corrected chi connectivity index (χ4v) is 3.19. The maximum Gasteiger partial charge on any atom is 0.137 e. The molecular formula is C18H32N2O3+2. The van der Waals surface area contributed by atoms with Gasteiger partial charge in [-0.15, -0.1) is 0 Å². The summed E-state index contributed by atoms with van der Waals surface area (Å²) in [6.07, 6.45) is 1.81. The van der Waals surface area contributed by atoms with Crippen LogP contribution in [0, 0.1) is 0 Å². The Kier molecular flexibility index (Phi) is 7.82. The molecular weight excluding hydrogens is 292 g/mol. The van der Waals surface area contributed by atoms with Gasteiger partial charge in [0.2, 0.25) is 0 Å². The normalized spacial score (nSPS) is 22.7. The summed E-state index contributed by atoms with van der Waals surface area (Å²) in [5, 5.41) is 19.1. The SMILES string of the molecule is CCCc1ccc(OCC(O)C[NH+]2CC[NH+](CCO)CC2)cc1. The number of quaternary nitrogens is 2. The van der Waals surface area contributed by atoms with Crippen LogP contribution in [0.4, 0.5) is 0 Å². The zero-order chi connectivity index (χ0) is 16.5. The van der Waals surface area contributed by atoms with Gasteiger partial charge in [-0.1, -0.05) is 25.5 Å². The Morgan fingerprint density at radius 3 is 2.35 bits per heavy atom. The first-order valence-electron chi connectivity index (χ1n) is 8.89. The van der Waals surface area contributed by atoms with Gasteiger partial charge >= 0.3 is 0 Å². The first kappa shape index (κ1) is 18.2. The largest absolute Gasteiger partial charge is 0.491 e. The van der Waals surface area contributed by atoms with Crippen molar-refractivity contribution < 1.29 is 24.7 Å². The number of hydrogen-bond donors (Lipinski definition) is 4. The third kappa shape index (κ3) is 6.47. The van der Waals surface area contributed by atoms with Crippen molar-refractivity contribution >= 4 is 0 Å². The van der Waals surface area contributed by atoms with Gasteiger partial charge in [0.1, 0.15) is 57.7 Å². The molecule has 2 rings (SSSR count). The van der Waals surface area contributed by atoms with Crippen molar-refractivity contribution in [3.63, 3.8) is 0 Å². The number of aliphatic hydroxyl groups excluding tert-OH is 2. The minimum Gasteiger partial charge on any atom is -0.491 e. The number of rotatable bonds is 9. The zero-order valence-electron chi connectivity index (χ0n) is 14.3. The van der Waals surface area contributed by atoms with Gasteiger partial charge in [0.25, 0.3) is 0 Å². The van der Waals surface area contributed by atoms with E-state index in [1.165, 1.54) is 15.4 Å². The van der Waals surface area contributed by atoms with Crippen molar-refractivity contribution in [1.82, 2.24) is 0 Å². The van der Waals surface area contributed by atoms with Gasteiger partial charge in [-0.05, 0) is 24.1 Å². The van der Waals surface area contributed by atoms with E-state index in [1.54, 1.807) is 0 Å². The van der Waals surface area contributed by atoms with Gasteiger partial charge in [0, 0.05) is 0 Å². The second kappa shape index (κ2) is 9.88. The predicted molar refractivity (Wildman–Crippen MR) is 90.2 cm³/mol. The van der Waals surface area contributed by atoms with E-state index in [1.807, 2.05) is 12.1 Å². The van der Waals surface area contributed by atoms with Crippen LogP contribution in [-0.4, -0.2) is 68.8 Å². The number of aliphatic hydroxyl groups is 2. The van der Waals surface area contributed by atoms with E-state index >= 15 is 0 Å². The van der Waals surface area contributed by atoms with Crippen molar-refractivity contribution in [2.45, 2.75) is 25.9 Å². The zero-order valence-corrected chi connectivity index (χ0v) is 14.3. The highest BCUT2D eigenvalue weighted by molar-refractivity contribution is 5.27. The molecule has 1 unspecified atom stereocenters. The molecule has 1 aliphatic rings. The van der Waals surface area contributed by atoms with E-state index in [0.29, 0.717) is 6.61 Å². The first-order valence-corrected chi connectivity index (χ1v) is 8.89. The Bertz CT molecular complexity index is 430. The van der Waals surface area contributed by atoms with Crippen molar-refractivity contribution in [2.75, 3.05) is 52.5 Å². The van der Waals surface area contributed by atoms with Crippen molar-refractivity contribution in [1.29, 1.82) is 0 Å². The van der Waals surface area contributed by atoms with Gasteiger partial charge < -0.3 is 24.7 Å². The van der Waals surface area contributed by atoms with Crippen LogP contribution < -0.4 is 14.5 Å². The Labute approximate surface area is 139 Å². The summed E-state index contributed by atoms with van der Waals surface area (Å²) in [5.74, 6) is 0.830. The van der Waals surface area contributed by atoms with Crippen LogP contribution in [0.1, 0.15) is 18.9 Å². The minimum atomic E-state index is -0.431. The third-order valence-electron chi connectivity index (χ3n) is 4.56. The summed E-state index contributed by atoms with van der Waals surface area (Å²) >= 11 is 0. The average molecular weight is 324 g/mol. The Hall–Kier alpha value is -1.14. The highest BCUT2D eigenvalue weighted by Crippen LogP contribution is 2.13. The summed E-state index contributed by atoms with van der Waals surface area (Å²) in [6, 6.07) is 8.17. The van der Waals surface area contributed by atoms with Gasteiger partial charge in [-0.25, -0.2) is 0 Å². The van der Waals surface area contributed by atoms with E-state index < -0.39 is 6.10 Å². The maximum absolute atomic E-state index is 10.2. The predicted octanol–water partition coefficient (Wildman–Crippen LogP) is -1.85. The average Bonchev–Trinajstić information content (AvgIpc) is 2.57. The highest BCUT2D eigenvalue weighted by atomic mass is 16.5. The van der Waals surface area contributed by atoms with Crippen LogP contribution in [0.15, 0.2) is 24.3 Å². The van der Waals surface area contributed by atoms with Gasteiger partial charge in [0.15, 0.2) is 0 Å². The molecule has 0 spiro atoms. The monoisotopic (exact) mass is 324 g/mol. The molecule has 1 aliphatic heterocycles. The first-order chi connectivity index (χ1) is 11.2. The number of ether oxygens (including phenoxy) is 1. The molecule has 1 aromatic carbocycles. The molecule has 130 valence electrons. The van der Waals surface area contributed by atoms with E-state index in [4.69, 9.17) is 9.84 Å². The fourth-order valence-electron chi connectivity index (χ4n) is 3.19. The summed E-state index contributed by atoms with van der Waals surface area (Å²) in [7, 11) is 0. The van der Waals surface area contributed by atoms with Crippen LogP contribution in [0.5, 0.6) is 5.75 Å². The Morgan fingerprint density at radius 2 is 1.74 bits per heavy atom. The van der Waals surface area contributed by atoms with Gasteiger partial charge in [-0.2, -0.15) is 0 Å². The second-order valence-electron chi connectivity index (χ2n) is 6.54. The fraction of sp³-hybridized carbons (Fsp3) is 0.667. The Morgan fingerprint density at radius 1 is 1.09 bits per heavy atom.